The van der Waals surface area contributed by atoms with E-state index in [0.29, 0.717) is 0 Å². The average molecular weight is 1150 g/mol. The highest BCUT2D eigenvalue weighted by molar-refractivity contribution is 7.47. The minimum absolute atomic E-state index is 0. The summed E-state index contributed by atoms with van der Waals surface area (Å²) in [5.74, 6) is -2.62. The van der Waals surface area contributed by atoms with Crippen LogP contribution >= 0.6 is 23.5 Å². The van der Waals surface area contributed by atoms with Gasteiger partial charge < -0.3 is 109 Å². The van der Waals surface area contributed by atoms with Gasteiger partial charge in [0.25, 0.3) is 0 Å². The van der Waals surface area contributed by atoms with Crippen molar-refractivity contribution in [2.45, 2.75) is 122 Å². The van der Waals surface area contributed by atoms with Crippen molar-refractivity contribution in [3.05, 3.63) is 0 Å². The lowest BCUT2D eigenvalue weighted by atomic mass is 9.79. The number of hydrogen-bond acceptors (Lipinski definition) is 28. The molecule has 3 fully saturated rings. The molecule has 0 aromatic heterocycles. The van der Waals surface area contributed by atoms with Crippen LogP contribution in [0.1, 0.15) is 42.0 Å². The van der Waals surface area contributed by atoms with E-state index in [0.717, 1.165) is 6.92 Å². The Labute approximate surface area is 427 Å². The van der Waals surface area contributed by atoms with Gasteiger partial charge in [-0.05, 0) is 5.92 Å². The second-order valence-corrected chi connectivity index (χ2v) is 21.7. The zero-order valence-electron chi connectivity index (χ0n) is 40.8. The first kappa shape index (κ1) is 69.2. The molecular weight excluding hydrogens is 1070 g/mol. The summed E-state index contributed by atoms with van der Waals surface area (Å²) >= 11 is 0. The molecule has 9 unspecified atom stereocenters. The van der Waals surface area contributed by atoms with Crippen molar-refractivity contribution in [3.63, 3.8) is 0 Å². The maximum absolute atomic E-state index is 12.7. The Morgan fingerprint density at radius 3 is 1.15 bits per heavy atom. The number of phosphoric acid groups is 3. The van der Waals surface area contributed by atoms with E-state index in [2.05, 4.69) is 5.32 Å². The standard InChI is InChI=1S/C38H74NO31P3.CH4/c1-21(2)38(15-56-18-65-71(50,51)62-9-6-59-35-22(3)29(44)31(46)25(12-40)68-35,16-57-19-66-72(52,53)63-10-7-60-36-23(4)30(45)32(47)26(13-41)69-36)17-58-20-67-73(54,55)64-11-8-61-37-28(39-24(5)43)34(49)33(48)27(14-42)70-37;/h21-23,25-37,40-42,44-49H,6-20H2,1-5H3,(H,39,43)(H,50,51)(H,52,53)(H,54,55);1H4/t22?,23?,25?,26?,27?,28?,29-,30-,31+,32+,33+,34-,35-,36-,37-,38?;/m1./s1. The molecule has 18 atom stereocenters. The number of aliphatic hydroxyl groups is 9. The molecule has 3 aliphatic heterocycles. The molecule has 440 valence electrons. The van der Waals surface area contributed by atoms with E-state index >= 15 is 0 Å². The van der Waals surface area contributed by atoms with Crippen molar-refractivity contribution in [2.75, 3.05) is 99.7 Å². The van der Waals surface area contributed by atoms with E-state index in [1.54, 1.807) is 13.8 Å². The van der Waals surface area contributed by atoms with Crippen LogP contribution in [-0.2, 0) is 88.3 Å². The molecule has 32 nitrogen and oxygen atoms in total. The Bertz CT molecular complexity index is 1670. The van der Waals surface area contributed by atoms with Crippen LogP contribution < -0.4 is 5.32 Å². The van der Waals surface area contributed by atoms with E-state index in [4.69, 9.17) is 69.8 Å². The summed E-state index contributed by atoms with van der Waals surface area (Å²) in [6, 6.07) is -1.29. The molecule has 0 aliphatic carbocycles. The number of aliphatic hydroxyl groups excluding tert-OH is 9. The lowest BCUT2D eigenvalue weighted by Crippen LogP contribution is -2.64. The third-order valence-corrected chi connectivity index (χ3v) is 14.6. The smallest absolute Gasteiger partial charge is 0.394 e. The number of nitrogens with one attached hydrogen (secondary N) is 1. The quantitative estimate of drug-likeness (QED) is 0.0168. The number of amides is 1. The van der Waals surface area contributed by atoms with Crippen LogP contribution in [-0.4, -0.2) is 246 Å². The number of carbonyl (C=O) groups is 1. The van der Waals surface area contributed by atoms with E-state index < -0.39 is 219 Å². The Morgan fingerprint density at radius 2 is 0.838 bits per heavy atom. The zero-order valence-corrected chi connectivity index (χ0v) is 43.5. The minimum Gasteiger partial charge on any atom is -0.394 e. The van der Waals surface area contributed by atoms with Crippen molar-refractivity contribution in [1.29, 1.82) is 0 Å². The highest BCUT2D eigenvalue weighted by Gasteiger charge is 2.47. The molecule has 13 N–H and O–H groups in total. The first-order valence-corrected chi connectivity index (χ1v) is 27.3. The third kappa shape index (κ3) is 22.0. The summed E-state index contributed by atoms with van der Waals surface area (Å²) in [6.07, 6.45) is -15.7. The third-order valence-electron chi connectivity index (χ3n) is 11.8. The van der Waals surface area contributed by atoms with Gasteiger partial charge in [0.05, 0.1) is 91.5 Å². The average Bonchev–Trinajstić information content (AvgIpc) is 3.33. The van der Waals surface area contributed by atoms with Crippen LogP contribution in [0.2, 0.25) is 0 Å². The molecule has 0 saturated carbocycles. The van der Waals surface area contributed by atoms with Crippen LogP contribution in [0, 0.1) is 23.2 Å². The topological polar surface area (TPSA) is 462 Å². The SMILES string of the molecule is C.CC(=O)NC1[C@H](OCCOP(=O)(O)OCOCC(COCOP(=O)(O)OCCO[C@@H]2OC(CO)[C@H](O)[C@H](O)C2C)(COCOP(=O)(O)OCCO[C@@H]2OC(CO)[C@H](O)[C@H](O)C2C)C(C)C)OC(CO)[C@H](O)[C@@H]1O. The lowest BCUT2D eigenvalue weighted by molar-refractivity contribution is -0.283. The van der Waals surface area contributed by atoms with Crippen LogP contribution in [0.3, 0.4) is 0 Å². The predicted molar refractivity (Wildman–Crippen MR) is 244 cm³/mol. The molecule has 3 rings (SSSR count). The monoisotopic (exact) mass is 1150 g/mol. The number of phosphoric ester groups is 3. The predicted octanol–water partition coefficient (Wildman–Crippen LogP) is -3.27. The first-order chi connectivity index (χ1) is 34.2. The van der Waals surface area contributed by atoms with Gasteiger partial charge in [-0.3, -0.25) is 31.9 Å². The molecule has 74 heavy (non-hydrogen) atoms. The molecule has 0 spiro atoms. The van der Waals surface area contributed by atoms with Gasteiger partial charge in [-0.2, -0.15) is 0 Å². The van der Waals surface area contributed by atoms with Gasteiger partial charge >= 0.3 is 23.5 Å². The van der Waals surface area contributed by atoms with Crippen molar-refractivity contribution < 1.29 is 149 Å². The second-order valence-electron chi connectivity index (χ2n) is 17.4. The van der Waals surface area contributed by atoms with E-state index in [1.807, 2.05) is 0 Å². The molecular formula is C39H78NO31P3. The van der Waals surface area contributed by atoms with Gasteiger partial charge in [-0.25, -0.2) is 13.7 Å². The van der Waals surface area contributed by atoms with Crippen LogP contribution in [0.5, 0.6) is 0 Å². The van der Waals surface area contributed by atoms with Gasteiger partial charge in [0.15, 0.2) is 39.2 Å². The molecule has 0 radical (unpaired) electrons. The number of carbonyl (C=O) groups excluding carboxylic acids is 1. The molecule has 3 saturated heterocycles. The number of hydrogen-bond donors (Lipinski definition) is 13. The van der Waals surface area contributed by atoms with Gasteiger partial charge in [0.1, 0.15) is 48.8 Å². The fourth-order valence-corrected chi connectivity index (χ4v) is 8.93. The van der Waals surface area contributed by atoms with Crippen molar-refractivity contribution >= 4 is 29.4 Å². The maximum Gasteiger partial charge on any atom is 0.474 e. The summed E-state index contributed by atoms with van der Waals surface area (Å²) < 4.78 is 117. The van der Waals surface area contributed by atoms with E-state index in [9.17, 15) is 79.1 Å². The lowest BCUT2D eigenvalue weighted by Gasteiger charge is -2.42. The molecule has 0 aromatic carbocycles. The van der Waals surface area contributed by atoms with Gasteiger partial charge in [-0.15, -0.1) is 0 Å². The Balaban J connectivity index is 0.0000187. The summed E-state index contributed by atoms with van der Waals surface area (Å²) in [7, 11) is -14.5. The largest absolute Gasteiger partial charge is 0.474 e. The highest BCUT2D eigenvalue weighted by atomic mass is 31.2. The Kier molecular flexibility index (Phi) is 30.8. The molecule has 35 heteroatoms. The van der Waals surface area contributed by atoms with E-state index in [1.165, 1.54) is 13.8 Å². The van der Waals surface area contributed by atoms with Crippen LogP contribution in [0.25, 0.3) is 0 Å². The molecule has 0 bridgehead atoms. The Hall–Kier alpha value is -0.920. The summed E-state index contributed by atoms with van der Waals surface area (Å²) in [6.45, 7) is -1.28. The summed E-state index contributed by atoms with van der Waals surface area (Å²) in [4.78, 5) is 42.5. The Morgan fingerprint density at radius 1 is 0.527 bits per heavy atom. The first-order valence-electron chi connectivity index (χ1n) is 22.8. The van der Waals surface area contributed by atoms with Crippen LogP contribution in [0.4, 0.5) is 0 Å². The summed E-state index contributed by atoms with van der Waals surface area (Å²) in [5.41, 5.74) is -1.33. The zero-order chi connectivity index (χ0) is 54.7. The van der Waals surface area contributed by atoms with Gasteiger partial charge in [0.2, 0.25) is 5.91 Å². The molecule has 3 heterocycles. The highest BCUT2D eigenvalue weighted by Crippen LogP contribution is 2.45. The minimum atomic E-state index is -4.89. The summed E-state index contributed by atoms with van der Waals surface area (Å²) in [5, 5.41) is 91.7. The van der Waals surface area contributed by atoms with Crippen LogP contribution in [0.15, 0.2) is 0 Å². The molecule has 1 amide bonds. The fraction of sp³-hybridized carbons (Fsp3) is 0.974. The van der Waals surface area contributed by atoms with Crippen molar-refractivity contribution in [2.24, 2.45) is 23.2 Å². The van der Waals surface area contributed by atoms with E-state index in [-0.39, 0.29) is 20.6 Å². The number of rotatable bonds is 35. The fourth-order valence-electron chi connectivity index (χ4n) is 7.17. The molecule has 0 aromatic rings. The normalized spacial score (nSPS) is 33.9. The van der Waals surface area contributed by atoms with Crippen molar-refractivity contribution in [3.8, 4) is 0 Å². The maximum atomic E-state index is 12.7. The van der Waals surface area contributed by atoms with Gasteiger partial charge in [0, 0.05) is 24.2 Å². The van der Waals surface area contributed by atoms with Gasteiger partial charge in [-0.1, -0.05) is 35.1 Å². The molecule has 3 aliphatic rings. The number of ether oxygens (including phenoxy) is 9. The second kappa shape index (κ2) is 33.0. The van der Waals surface area contributed by atoms with Crippen molar-refractivity contribution in [1.82, 2.24) is 5.32 Å².